The first kappa shape index (κ1) is 10.9. The summed E-state index contributed by atoms with van der Waals surface area (Å²) in [5.74, 6) is 1.03. The summed E-state index contributed by atoms with van der Waals surface area (Å²) in [6, 6.07) is 0.597. The minimum atomic E-state index is 0.222. The van der Waals surface area contributed by atoms with Crippen LogP contribution < -0.4 is 5.32 Å². The Morgan fingerprint density at radius 3 is 2.80 bits per heavy atom. The monoisotopic (exact) mass is 212 g/mol. The van der Waals surface area contributed by atoms with Gasteiger partial charge in [0.1, 0.15) is 0 Å². The maximum atomic E-state index is 11.7. The molecule has 1 saturated heterocycles. The van der Waals surface area contributed by atoms with E-state index in [1.165, 1.54) is 12.8 Å². The molecule has 1 aliphatic carbocycles. The van der Waals surface area contributed by atoms with Crippen LogP contribution in [0, 0.1) is 5.92 Å². The first-order valence-corrected chi connectivity index (χ1v) is 5.90. The van der Waals surface area contributed by atoms with Crippen molar-refractivity contribution in [2.45, 2.75) is 25.8 Å². The minimum Gasteiger partial charge on any atom is -0.378 e. The highest BCUT2D eigenvalue weighted by atomic mass is 16.5. The van der Waals surface area contributed by atoms with E-state index >= 15 is 0 Å². The first-order chi connectivity index (χ1) is 7.31. The van der Waals surface area contributed by atoms with Gasteiger partial charge in [0.15, 0.2) is 0 Å². The molecule has 0 aromatic rings. The number of nitrogens with one attached hydrogen (secondary N) is 1. The first-order valence-electron chi connectivity index (χ1n) is 5.90. The summed E-state index contributed by atoms with van der Waals surface area (Å²) in [7, 11) is 0. The molecular formula is C11H20N2O2. The van der Waals surface area contributed by atoms with Crippen LogP contribution in [0.2, 0.25) is 0 Å². The van der Waals surface area contributed by atoms with E-state index in [0.29, 0.717) is 25.8 Å². The Morgan fingerprint density at radius 1 is 1.47 bits per heavy atom. The SMILES string of the molecule is CCC1CC1NCC(=O)N1CCOCC1. The lowest BCUT2D eigenvalue weighted by molar-refractivity contribution is -0.134. The molecule has 1 heterocycles. The minimum absolute atomic E-state index is 0.222. The second-order valence-corrected chi connectivity index (χ2v) is 4.38. The molecule has 1 N–H and O–H groups in total. The van der Waals surface area contributed by atoms with Crippen LogP contribution in [0.15, 0.2) is 0 Å². The van der Waals surface area contributed by atoms with Crippen LogP contribution in [0.3, 0.4) is 0 Å². The number of carbonyl (C=O) groups excluding carboxylic acids is 1. The average molecular weight is 212 g/mol. The van der Waals surface area contributed by atoms with Crippen molar-refractivity contribution in [1.29, 1.82) is 0 Å². The molecule has 2 rings (SSSR count). The van der Waals surface area contributed by atoms with Gasteiger partial charge in [-0.15, -0.1) is 0 Å². The van der Waals surface area contributed by atoms with Gasteiger partial charge in [-0.2, -0.15) is 0 Å². The Labute approximate surface area is 91.0 Å². The highest BCUT2D eigenvalue weighted by Gasteiger charge is 2.35. The average Bonchev–Trinajstić information content (AvgIpc) is 3.06. The molecule has 1 aliphatic heterocycles. The van der Waals surface area contributed by atoms with Crippen molar-refractivity contribution in [2.24, 2.45) is 5.92 Å². The Kier molecular flexibility index (Phi) is 3.59. The van der Waals surface area contributed by atoms with Gasteiger partial charge in [-0.3, -0.25) is 4.79 Å². The van der Waals surface area contributed by atoms with Crippen LogP contribution in [0.1, 0.15) is 19.8 Å². The second kappa shape index (κ2) is 4.94. The largest absolute Gasteiger partial charge is 0.378 e. The summed E-state index contributed by atoms with van der Waals surface area (Å²) < 4.78 is 5.21. The zero-order valence-corrected chi connectivity index (χ0v) is 9.37. The summed E-state index contributed by atoms with van der Waals surface area (Å²) in [5, 5.41) is 3.32. The van der Waals surface area contributed by atoms with Crippen LogP contribution in [-0.2, 0) is 9.53 Å². The molecule has 0 aromatic heterocycles. The lowest BCUT2D eigenvalue weighted by Gasteiger charge is -2.26. The fourth-order valence-electron chi connectivity index (χ4n) is 2.09. The Morgan fingerprint density at radius 2 is 2.20 bits per heavy atom. The van der Waals surface area contributed by atoms with E-state index in [2.05, 4.69) is 12.2 Å². The molecule has 1 saturated carbocycles. The van der Waals surface area contributed by atoms with Gasteiger partial charge in [-0.1, -0.05) is 13.3 Å². The summed E-state index contributed by atoms with van der Waals surface area (Å²) in [6.07, 6.45) is 2.47. The van der Waals surface area contributed by atoms with Gasteiger partial charge in [0.25, 0.3) is 0 Å². The number of morpholine rings is 1. The molecule has 2 aliphatic rings. The number of amides is 1. The molecule has 0 bridgehead atoms. The van der Waals surface area contributed by atoms with E-state index in [1.54, 1.807) is 0 Å². The highest BCUT2D eigenvalue weighted by Crippen LogP contribution is 2.32. The molecule has 4 nitrogen and oxygen atoms in total. The van der Waals surface area contributed by atoms with E-state index in [1.807, 2.05) is 4.90 Å². The molecule has 2 unspecified atom stereocenters. The van der Waals surface area contributed by atoms with Gasteiger partial charge >= 0.3 is 0 Å². The molecule has 2 atom stereocenters. The van der Waals surface area contributed by atoms with Gasteiger partial charge in [-0.25, -0.2) is 0 Å². The third-order valence-electron chi connectivity index (χ3n) is 3.33. The molecule has 0 radical (unpaired) electrons. The van der Waals surface area contributed by atoms with Crippen molar-refractivity contribution >= 4 is 5.91 Å². The van der Waals surface area contributed by atoms with Crippen LogP contribution in [0.4, 0.5) is 0 Å². The summed E-state index contributed by atoms with van der Waals surface area (Å²) in [5.41, 5.74) is 0. The summed E-state index contributed by atoms with van der Waals surface area (Å²) in [6.45, 7) is 5.58. The fraction of sp³-hybridized carbons (Fsp3) is 0.909. The van der Waals surface area contributed by atoms with Crippen molar-refractivity contribution in [2.75, 3.05) is 32.8 Å². The molecule has 15 heavy (non-hydrogen) atoms. The molecular weight excluding hydrogens is 192 g/mol. The standard InChI is InChI=1S/C11H20N2O2/c1-2-9-7-10(9)12-8-11(14)13-3-5-15-6-4-13/h9-10,12H,2-8H2,1H3. The van der Waals surface area contributed by atoms with Gasteiger partial charge in [0.2, 0.25) is 5.91 Å². The number of rotatable bonds is 4. The summed E-state index contributed by atoms with van der Waals surface area (Å²) in [4.78, 5) is 13.6. The van der Waals surface area contributed by atoms with Crippen molar-refractivity contribution in [3.63, 3.8) is 0 Å². The van der Waals surface area contributed by atoms with E-state index in [4.69, 9.17) is 4.74 Å². The quantitative estimate of drug-likeness (QED) is 0.725. The van der Waals surface area contributed by atoms with Crippen molar-refractivity contribution in [3.05, 3.63) is 0 Å². The molecule has 0 aromatic carbocycles. The van der Waals surface area contributed by atoms with Gasteiger partial charge in [-0.05, 0) is 12.3 Å². The lowest BCUT2D eigenvalue weighted by atomic mass is 10.3. The van der Waals surface area contributed by atoms with E-state index < -0.39 is 0 Å². The predicted octanol–water partition coefficient (Wildman–Crippen LogP) is 0.233. The zero-order valence-electron chi connectivity index (χ0n) is 9.37. The zero-order chi connectivity index (χ0) is 10.7. The molecule has 2 fully saturated rings. The lowest BCUT2D eigenvalue weighted by Crippen LogP contribution is -2.45. The number of hydrogen-bond acceptors (Lipinski definition) is 3. The van der Waals surface area contributed by atoms with Gasteiger partial charge < -0.3 is 15.0 Å². The molecule has 1 amide bonds. The Bertz CT molecular complexity index is 227. The van der Waals surface area contributed by atoms with Crippen molar-refractivity contribution < 1.29 is 9.53 Å². The van der Waals surface area contributed by atoms with Crippen LogP contribution >= 0.6 is 0 Å². The Balaban J connectivity index is 1.64. The van der Waals surface area contributed by atoms with E-state index in [9.17, 15) is 4.79 Å². The predicted molar refractivity (Wildman–Crippen MR) is 57.6 cm³/mol. The summed E-state index contributed by atoms with van der Waals surface area (Å²) >= 11 is 0. The maximum Gasteiger partial charge on any atom is 0.236 e. The van der Waals surface area contributed by atoms with E-state index in [0.717, 1.165) is 19.0 Å². The van der Waals surface area contributed by atoms with Gasteiger partial charge in [0.05, 0.1) is 19.8 Å². The van der Waals surface area contributed by atoms with Crippen molar-refractivity contribution in [1.82, 2.24) is 10.2 Å². The number of carbonyl (C=O) groups is 1. The smallest absolute Gasteiger partial charge is 0.236 e. The Hall–Kier alpha value is -0.610. The maximum absolute atomic E-state index is 11.7. The van der Waals surface area contributed by atoms with Crippen LogP contribution in [0.5, 0.6) is 0 Å². The second-order valence-electron chi connectivity index (χ2n) is 4.38. The van der Waals surface area contributed by atoms with E-state index in [-0.39, 0.29) is 5.91 Å². The number of hydrogen-bond donors (Lipinski definition) is 1. The third-order valence-corrected chi connectivity index (χ3v) is 3.33. The highest BCUT2D eigenvalue weighted by molar-refractivity contribution is 5.78. The van der Waals surface area contributed by atoms with Crippen LogP contribution in [0.25, 0.3) is 0 Å². The third kappa shape index (κ3) is 2.92. The molecule has 86 valence electrons. The fourth-order valence-corrected chi connectivity index (χ4v) is 2.09. The molecule has 4 heteroatoms. The van der Waals surface area contributed by atoms with Gasteiger partial charge in [0, 0.05) is 19.1 Å². The van der Waals surface area contributed by atoms with Crippen molar-refractivity contribution in [3.8, 4) is 0 Å². The number of ether oxygens (including phenoxy) is 1. The number of nitrogens with zero attached hydrogens (tertiary/aromatic N) is 1. The van der Waals surface area contributed by atoms with Crippen LogP contribution in [-0.4, -0.2) is 49.7 Å². The topological polar surface area (TPSA) is 41.6 Å². The normalized spacial score (nSPS) is 30.3. The molecule has 0 spiro atoms.